The van der Waals surface area contributed by atoms with Gasteiger partial charge in [-0.15, -0.1) is 0 Å². The first-order chi connectivity index (χ1) is 21.3. The van der Waals surface area contributed by atoms with Gasteiger partial charge in [-0.2, -0.15) is 26.3 Å². The number of rotatable bonds is 9. The largest absolute Gasteiger partial charge is 0.430 e. The Kier molecular flexibility index (Phi) is 10.9. The van der Waals surface area contributed by atoms with Gasteiger partial charge >= 0.3 is 12.4 Å². The van der Waals surface area contributed by atoms with E-state index in [0.29, 0.717) is 24.3 Å². The van der Waals surface area contributed by atoms with Crippen LogP contribution in [0.3, 0.4) is 0 Å². The molecule has 16 heteroatoms. The summed E-state index contributed by atoms with van der Waals surface area (Å²) in [5.41, 5.74) is -7.73. The maximum Gasteiger partial charge on any atom is 0.430 e. The number of amides is 1. The molecular weight excluding hydrogens is 655 g/mol. The summed E-state index contributed by atoms with van der Waals surface area (Å²) < 4.78 is 157. The van der Waals surface area contributed by atoms with Crippen LogP contribution in [0.1, 0.15) is 29.5 Å². The first-order valence-electron chi connectivity index (χ1n) is 13.4. The van der Waals surface area contributed by atoms with Crippen molar-refractivity contribution in [1.29, 1.82) is 0 Å². The van der Waals surface area contributed by atoms with E-state index in [1.807, 2.05) is 0 Å². The summed E-state index contributed by atoms with van der Waals surface area (Å²) >= 11 is 0. The Morgan fingerprint density at radius 3 is 1.76 bits per heavy atom. The molecule has 1 aliphatic rings. The van der Waals surface area contributed by atoms with Crippen LogP contribution < -0.4 is 5.32 Å². The third kappa shape index (κ3) is 6.88. The van der Waals surface area contributed by atoms with Crippen LogP contribution in [0.5, 0.6) is 0 Å². The highest BCUT2D eigenvalue weighted by Gasteiger charge is 2.73. The van der Waals surface area contributed by atoms with E-state index in [2.05, 4.69) is 10.1 Å². The van der Waals surface area contributed by atoms with Crippen molar-refractivity contribution >= 4 is 16.2 Å². The summed E-state index contributed by atoms with van der Waals surface area (Å²) in [5.74, 6) is -3.53. The fourth-order valence-corrected chi connectivity index (χ4v) is 7.22. The first-order valence-corrected chi connectivity index (χ1v) is 14.9. The monoisotopic (exact) mass is 684 g/mol. The van der Waals surface area contributed by atoms with E-state index in [1.165, 1.54) is 4.90 Å². The minimum atomic E-state index is -6.15. The van der Waals surface area contributed by atoms with Crippen molar-refractivity contribution in [1.82, 2.24) is 10.2 Å². The summed E-state index contributed by atoms with van der Waals surface area (Å²) in [4.78, 5) is 10.6. The zero-order chi connectivity index (χ0) is 34.7. The van der Waals surface area contributed by atoms with Crippen LogP contribution in [0.2, 0.25) is 0 Å². The molecule has 0 heterocycles. The van der Waals surface area contributed by atoms with Crippen LogP contribution in [0.25, 0.3) is 0 Å². The van der Waals surface area contributed by atoms with Gasteiger partial charge in [0.15, 0.2) is 9.84 Å². The van der Waals surface area contributed by atoms with Gasteiger partial charge in [-0.1, -0.05) is 30.3 Å². The maximum atomic E-state index is 14.2. The SMILES string of the molecule is CN(C)C=O.CNC1CC(c2ccc(C(OCc3c(F)cccc3F)(C(F)(F)F)C(F)(F)F)cc2)(S(=O)(=O)c2ccc(F)cc2)C1. The highest BCUT2D eigenvalue weighted by atomic mass is 32.2. The van der Waals surface area contributed by atoms with Crippen LogP contribution in [-0.2, 0) is 36.3 Å². The van der Waals surface area contributed by atoms with E-state index >= 15 is 0 Å². The molecule has 252 valence electrons. The first kappa shape index (κ1) is 36.8. The van der Waals surface area contributed by atoms with Crippen molar-refractivity contribution in [3.05, 3.63) is 101 Å². The highest BCUT2D eigenvalue weighted by molar-refractivity contribution is 7.92. The van der Waals surface area contributed by atoms with Crippen molar-refractivity contribution in [2.24, 2.45) is 0 Å². The lowest BCUT2D eigenvalue weighted by molar-refractivity contribution is -0.392. The third-order valence-corrected chi connectivity index (χ3v) is 10.0. The lowest BCUT2D eigenvalue weighted by Gasteiger charge is -2.47. The van der Waals surface area contributed by atoms with Gasteiger partial charge in [0, 0.05) is 31.3 Å². The Labute approximate surface area is 259 Å². The molecule has 0 unspecified atom stereocenters. The van der Waals surface area contributed by atoms with E-state index in [9.17, 15) is 52.7 Å². The standard InChI is InChI=1S/C27H22F9NO3S.C3H7NO/c1-37-19-13-24(14-19,41(38,39)20-11-9-18(28)10-12-20)16-5-7-17(8-6-16)25(26(31,32)33,27(34,35)36)40-15-21-22(29)3-2-4-23(21)30;1-4(2)3-5/h2-12,19,37H,13-15H2,1H3;3H,1-2H3. The number of nitrogens with one attached hydrogen (secondary N) is 1. The van der Waals surface area contributed by atoms with Crippen LogP contribution >= 0.6 is 0 Å². The maximum absolute atomic E-state index is 14.2. The van der Waals surface area contributed by atoms with Crippen molar-refractivity contribution in [2.45, 2.75) is 53.1 Å². The van der Waals surface area contributed by atoms with Gasteiger partial charge in [0.25, 0.3) is 5.60 Å². The minimum absolute atomic E-state index is 0.0741. The molecule has 0 aromatic heterocycles. The number of halogens is 9. The average Bonchev–Trinajstić information content (AvgIpc) is 2.94. The predicted octanol–water partition coefficient (Wildman–Crippen LogP) is 6.40. The van der Waals surface area contributed by atoms with Crippen molar-refractivity contribution in [3.8, 4) is 0 Å². The van der Waals surface area contributed by atoms with Crippen molar-refractivity contribution in [3.63, 3.8) is 0 Å². The molecule has 1 saturated carbocycles. The van der Waals surface area contributed by atoms with Gasteiger partial charge in [0.1, 0.15) is 22.2 Å². The highest BCUT2D eigenvalue weighted by Crippen LogP contribution is 2.55. The molecule has 46 heavy (non-hydrogen) atoms. The van der Waals surface area contributed by atoms with Gasteiger partial charge in [0.05, 0.1) is 11.5 Å². The number of nitrogens with zero attached hydrogens (tertiary/aromatic N) is 1. The molecule has 0 aliphatic heterocycles. The van der Waals surface area contributed by atoms with E-state index in [0.717, 1.165) is 48.9 Å². The zero-order valence-corrected chi connectivity index (χ0v) is 25.3. The van der Waals surface area contributed by atoms with Crippen LogP contribution in [0, 0.1) is 17.5 Å². The second-order valence-electron chi connectivity index (χ2n) is 10.7. The Balaban J connectivity index is 0.00000107. The molecule has 1 aliphatic carbocycles. The molecule has 0 bridgehead atoms. The van der Waals surface area contributed by atoms with E-state index in [1.54, 1.807) is 21.1 Å². The van der Waals surface area contributed by atoms with E-state index in [4.69, 9.17) is 0 Å². The van der Waals surface area contributed by atoms with Gasteiger partial charge in [-0.05, 0) is 61.9 Å². The van der Waals surface area contributed by atoms with E-state index < -0.39 is 67.7 Å². The predicted molar refractivity (Wildman–Crippen MR) is 148 cm³/mol. The Hall–Kier alpha value is -3.63. The molecule has 0 radical (unpaired) electrons. The number of hydrogen-bond donors (Lipinski definition) is 1. The molecule has 1 amide bonds. The number of carbonyl (C=O) groups is 1. The summed E-state index contributed by atoms with van der Waals surface area (Å²) in [6.07, 6.45) is -11.7. The van der Waals surface area contributed by atoms with Gasteiger partial charge < -0.3 is 15.0 Å². The lowest BCUT2D eigenvalue weighted by Crippen LogP contribution is -2.56. The van der Waals surface area contributed by atoms with Crippen LogP contribution in [0.4, 0.5) is 39.5 Å². The van der Waals surface area contributed by atoms with Crippen LogP contribution in [0.15, 0.2) is 71.6 Å². The third-order valence-electron chi connectivity index (χ3n) is 7.52. The summed E-state index contributed by atoms with van der Waals surface area (Å²) in [6, 6.07) is 8.20. The number of alkyl halides is 6. The molecule has 3 aromatic rings. The number of benzene rings is 3. The molecular formula is C30H29F9N2O4S. The lowest BCUT2D eigenvalue weighted by atomic mass is 9.74. The fourth-order valence-electron chi connectivity index (χ4n) is 4.98. The Bertz CT molecular complexity index is 1570. The average molecular weight is 685 g/mol. The molecule has 6 nitrogen and oxygen atoms in total. The summed E-state index contributed by atoms with van der Waals surface area (Å²) in [7, 11) is 0.626. The number of hydrogen-bond acceptors (Lipinski definition) is 5. The smallest absolute Gasteiger partial charge is 0.351 e. The molecule has 4 rings (SSSR count). The molecule has 0 saturated heterocycles. The summed E-state index contributed by atoms with van der Waals surface area (Å²) in [5, 5.41) is 2.87. The Morgan fingerprint density at radius 2 is 1.35 bits per heavy atom. The molecule has 0 atom stereocenters. The second kappa shape index (κ2) is 13.6. The quantitative estimate of drug-likeness (QED) is 0.161. The topological polar surface area (TPSA) is 75.7 Å². The zero-order valence-electron chi connectivity index (χ0n) is 24.5. The second-order valence-corrected chi connectivity index (χ2v) is 12.9. The minimum Gasteiger partial charge on any atom is -0.351 e. The molecule has 3 aromatic carbocycles. The van der Waals surface area contributed by atoms with Crippen molar-refractivity contribution < 1.29 is 57.5 Å². The summed E-state index contributed by atoms with van der Waals surface area (Å²) in [6.45, 7) is -1.72. The number of sulfone groups is 1. The number of carbonyl (C=O) groups excluding carboxylic acids is 1. The van der Waals surface area contributed by atoms with Crippen molar-refractivity contribution in [2.75, 3.05) is 21.1 Å². The van der Waals surface area contributed by atoms with Crippen LogP contribution in [-0.4, -0.2) is 59.3 Å². The Morgan fingerprint density at radius 1 is 0.870 bits per heavy atom. The van der Waals surface area contributed by atoms with Gasteiger partial charge in [-0.25, -0.2) is 21.6 Å². The van der Waals surface area contributed by atoms with Gasteiger partial charge in [-0.3, -0.25) is 4.79 Å². The van der Waals surface area contributed by atoms with Gasteiger partial charge in [0.2, 0.25) is 6.41 Å². The van der Waals surface area contributed by atoms with E-state index in [-0.39, 0.29) is 29.3 Å². The molecule has 1 fully saturated rings. The normalized spacial score (nSPS) is 18.7. The molecule has 1 N–H and O–H groups in total. The molecule has 0 spiro atoms. The number of ether oxygens (including phenoxy) is 1. The fraction of sp³-hybridized carbons (Fsp3) is 0.367.